The van der Waals surface area contributed by atoms with E-state index in [1.54, 1.807) is 20.8 Å². The molecule has 1 N–H and O–H groups in total. The predicted molar refractivity (Wildman–Crippen MR) is 169 cm³/mol. The number of benzene rings is 2. The molecular formula is C33H35ClF5N3O6S. The van der Waals surface area contributed by atoms with E-state index < -0.39 is 96.2 Å². The van der Waals surface area contributed by atoms with Crippen molar-refractivity contribution in [2.45, 2.75) is 70.3 Å². The summed E-state index contributed by atoms with van der Waals surface area (Å²) in [6.07, 6.45) is 0.462. The molecule has 0 spiro atoms. The summed E-state index contributed by atoms with van der Waals surface area (Å²) in [6.45, 7) is 6.58. The minimum absolute atomic E-state index is 0.00969. The summed E-state index contributed by atoms with van der Waals surface area (Å²) in [5, 5.41) is 1.29. The molecule has 5 rings (SSSR count). The van der Waals surface area contributed by atoms with Crippen LogP contribution in [0.2, 0.25) is 5.02 Å². The fourth-order valence-corrected chi connectivity index (χ4v) is 8.54. The molecule has 0 radical (unpaired) electrons. The van der Waals surface area contributed by atoms with Crippen molar-refractivity contribution >= 4 is 39.4 Å². The fraction of sp³-hybridized carbons (Fsp3) is 0.485. The van der Waals surface area contributed by atoms with Gasteiger partial charge in [-0.3, -0.25) is 9.79 Å². The minimum Gasteiger partial charge on any atom is -0.463 e. The van der Waals surface area contributed by atoms with Gasteiger partial charge in [0.1, 0.15) is 34.9 Å². The summed E-state index contributed by atoms with van der Waals surface area (Å²) in [5.41, 5.74) is -1.85. The SMILES string of the molecule is CCOC(=O)C1=C(C2CCN(S(=O)(=O)[C@H]3C[C@H](C(=O)OC(C)(C)C)C3)CC2)NC(c2c(F)cc(F)cc2F)=NC1c1ccc(F)c(F)c1Cl. The Morgan fingerprint density at radius 3 is 2.20 bits per heavy atom. The van der Waals surface area contributed by atoms with Gasteiger partial charge in [0.05, 0.1) is 33.9 Å². The monoisotopic (exact) mass is 731 g/mol. The van der Waals surface area contributed by atoms with Crippen molar-refractivity contribution in [3.8, 4) is 0 Å². The first-order valence-electron chi connectivity index (χ1n) is 15.7. The van der Waals surface area contributed by atoms with Crippen molar-refractivity contribution in [2.24, 2.45) is 16.8 Å². The van der Waals surface area contributed by atoms with E-state index in [4.69, 9.17) is 21.1 Å². The molecule has 3 aliphatic rings. The molecule has 0 bridgehead atoms. The van der Waals surface area contributed by atoms with E-state index >= 15 is 8.78 Å². The number of hydrogen-bond donors (Lipinski definition) is 1. The number of halogens is 6. The largest absolute Gasteiger partial charge is 0.463 e. The number of carbonyl (C=O) groups excluding carboxylic acids is 2. The van der Waals surface area contributed by atoms with Crippen LogP contribution in [0.1, 0.15) is 70.5 Å². The Balaban J connectivity index is 1.48. The summed E-state index contributed by atoms with van der Waals surface area (Å²) < 4.78 is 112. The highest BCUT2D eigenvalue weighted by Crippen LogP contribution is 2.42. The van der Waals surface area contributed by atoms with Gasteiger partial charge in [-0.2, -0.15) is 0 Å². The second-order valence-electron chi connectivity index (χ2n) is 13.1. The molecule has 2 aromatic carbocycles. The summed E-state index contributed by atoms with van der Waals surface area (Å²) in [7, 11) is -3.82. The zero-order valence-electron chi connectivity index (χ0n) is 27.1. The van der Waals surface area contributed by atoms with Crippen LogP contribution in [0.3, 0.4) is 0 Å². The number of allylic oxidation sites excluding steroid dienone is 1. The third-order valence-corrected chi connectivity index (χ3v) is 11.3. The minimum atomic E-state index is -3.82. The number of carbonyl (C=O) groups is 2. The van der Waals surface area contributed by atoms with Crippen LogP contribution in [-0.4, -0.2) is 61.0 Å². The van der Waals surface area contributed by atoms with Crippen molar-refractivity contribution in [1.29, 1.82) is 0 Å². The number of nitrogens with zero attached hydrogens (tertiary/aromatic N) is 2. The first kappa shape index (κ1) is 36.7. The summed E-state index contributed by atoms with van der Waals surface area (Å²) in [5.74, 6) is -9.65. The van der Waals surface area contributed by atoms with E-state index in [0.29, 0.717) is 12.1 Å². The van der Waals surface area contributed by atoms with Crippen LogP contribution in [0.4, 0.5) is 22.0 Å². The Hall–Kier alpha value is -3.56. The molecule has 2 heterocycles. The topological polar surface area (TPSA) is 114 Å². The number of hydrogen-bond acceptors (Lipinski definition) is 8. The van der Waals surface area contributed by atoms with Gasteiger partial charge >= 0.3 is 11.9 Å². The summed E-state index contributed by atoms with van der Waals surface area (Å²) >= 11 is 6.19. The lowest BCUT2D eigenvalue weighted by Gasteiger charge is -2.41. The van der Waals surface area contributed by atoms with Gasteiger partial charge in [-0.25, -0.2) is 39.5 Å². The molecule has 266 valence electrons. The summed E-state index contributed by atoms with van der Waals surface area (Å²) in [6, 6.07) is 1.14. The number of aliphatic imine (C=N–C) groups is 1. The van der Waals surface area contributed by atoms with E-state index in [1.165, 1.54) is 11.2 Å². The second kappa shape index (κ2) is 14.0. The Morgan fingerprint density at radius 1 is 1.02 bits per heavy atom. The number of ether oxygens (including phenoxy) is 2. The molecule has 1 saturated carbocycles. The maximum absolute atomic E-state index is 15.1. The van der Waals surface area contributed by atoms with E-state index in [-0.39, 0.29) is 62.2 Å². The highest BCUT2D eigenvalue weighted by Gasteiger charge is 2.47. The molecule has 2 fully saturated rings. The van der Waals surface area contributed by atoms with Gasteiger partial charge in [0.15, 0.2) is 11.6 Å². The molecule has 1 saturated heterocycles. The number of nitrogens with one attached hydrogen (secondary N) is 1. The molecule has 1 aliphatic carbocycles. The molecule has 0 amide bonds. The lowest BCUT2D eigenvalue weighted by molar-refractivity contribution is -0.162. The molecule has 2 aliphatic heterocycles. The Morgan fingerprint density at radius 2 is 1.63 bits per heavy atom. The molecule has 9 nitrogen and oxygen atoms in total. The van der Waals surface area contributed by atoms with Crippen LogP contribution in [0.25, 0.3) is 0 Å². The van der Waals surface area contributed by atoms with Crippen molar-refractivity contribution in [3.63, 3.8) is 0 Å². The quantitative estimate of drug-likeness (QED) is 0.198. The van der Waals surface area contributed by atoms with Crippen LogP contribution < -0.4 is 5.32 Å². The normalized spacial score (nSPS) is 22.2. The van der Waals surface area contributed by atoms with Gasteiger partial charge in [0.25, 0.3) is 0 Å². The van der Waals surface area contributed by atoms with Gasteiger partial charge in [0.2, 0.25) is 10.0 Å². The fourth-order valence-electron chi connectivity index (χ4n) is 6.19. The van der Waals surface area contributed by atoms with Crippen molar-refractivity contribution < 1.29 is 49.4 Å². The number of piperidine rings is 1. The molecule has 1 atom stereocenters. The average Bonchev–Trinajstić information content (AvgIpc) is 2.97. The van der Waals surface area contributed by atoms with E-state index in [9.17, 15) is 31.2 Å². The maximum atomic E-state index is 15.1. The molecule has 1 unspecified atom stereocenters. The maximum Gasteiger partial charge on any atom is 0.338 e. The van der Waals surface area contributed by atoms with Gasteiger partial charge in [-0.1, -0.05) is 17.7 Å². The first-order valence-corrected chi connectivity index (χ1v) is 17.6. The zero-order chi connectivity index (χ0) is 36.0. The highest BCUT2D eigenvalue weighted by atomic mass is 35.5. The van der Waals surface area contributed by atoms with Crippen molar-refractivity contribution in [2.75, 3.05) is 19.7 Å². The van der Waals surface area contributed by atoms with Crippen LogP contribution in [0.5, 0.6) is 0 Å². The summed E-state index contributed by atoms with van der Waals surface area (Å²) in [4.78, 5) is 30.2. The van der Waals surface area contributed by atoms with Crippen LogP contribution in [-0.2, 0) is 29.1 Å². The third kappa shape index (κ3) is 7.48. The molecule has 2 aromatic rings. The first-order chi connectivity index (χ1) is 22.9. The van der Waals surface area contributed by atoms with E-state index in [1.807, 2.05) is 0 Å². The standard InChI is InChI=1S/C33H35ClF5N3O6S/c1-5-47-32(44)25-28(16-8-10-42(11-9-16)49(45,46)19-12-17(13-19)31(43)48-33(2,3)4)40-30(24-22(37)14-18(35)15-23(24)38)41-29(25)20-6-7-21(36)27(39)26(20)34/h6-7,14-17,19,29H,5,8-13H2,1-4H3,(H,40,41)/t17-,19-,29?. The van der Waals surface area contributed by atoms with E-state index in [0.717, 1.165) is 12.1 Å². The number of amidine groups is 1. The Labute approximate surface area is 285 Å². The van der Waals surface area contributed by atoms with Crippen LogP contribution >= 0.6 is 11.6 Å². The second-order valence-corrected chi connectivity index (χ2v) is 15.7. The van der Waals surface area contributed by atoms with Crippen LogP contribution in [0, 0.1) is 40.9 Å². The van der Waals surface area contributed by atoms with Gasteiger partial charge in [-0.05, 0) is 59.4 Å². The predicted octanol–water partition coefficient (Wildman–Crippen LogP) is 6.11. The number of esters is 2. The third-order valence-electron chi connectivity index (χ3n) is 8.65. The molecule has 0 aromatic heterocycles. The Kier molecular flexibility index (Phi) is 10.5. The van der Waals surface area contributed by atoms with Crippen LogP contribution in [0.15, 0.2) is 40.5 Å². The molecule has 16 heteroatoms. The highest BCUT2D eigenvalue weighted by molar-refractivity contribution is 7.89. The van der Waals surface area contributed by atoms with Gasteiger partial charge in [-0.15, -0.1) is 0 Å². The Bertz CT molecular complexity index is 1810. The zero-order valence-corrected chi connectivity index (χ0v) is 28.7. The van der Waals surface area contributed by atoms with Crippen molar-refractivity contribution in [3.05, 3.63) is 80.8 Å². The van der Waals surface area contributed by atoms with Gasteiger partial charge in [0, 0.05) is 42.4 Å². The lowest BCUT2D eigenvalue weighted by atomic mass is 9.85. The average molecular weight is 732 g/mol. The smallest absolute Gasteiger partial charge is 0.338 e. The number of rotatable bonds is 8. The molecular weight excluding hydrogens is 697 g/mol. The van der Waals surface area contributed by atoms with Crippen molar-refractivity contribution in [1.82, 2.24) is 9.62 Å². The molecule has 49 heavy (non-hydrogen) atoms. The van der Waals surface area contributed by atoms with Gasteiger partial charge < -0.3 is 14.8 Å². The van der Waals surface area contributed by atoms with E-state index in [2.05, 4.69) is 10.3 Å². The lowest BCUT2D eigenvalue weighted by Crippen LogP contribution is -2.50. The number of sulfonamides is 1.